The van der Waals surface area contributed by atoms with E-state index in [1.54, 1.807) is 6.07 Å². The number of fused-ring (bicyclic) bond motifs is 1. The maximum Gasteiger partial charge on any atom is 0.320 e. The van der Waals surface area contributed by atoms with E-state index >= 15 is 0 Å². The molecular formula is C11H12N2O5S. The molecule has 0 spiro atoms. The summed E-state index contributed by atoms with van der Waals surface area (Å²) in [7, 11) is -3.91. The van der Waals surface area contributed by atoms with E-state index in [4.69, 9.17) is 9.52 Å². The van der Waals surface area contributed by atoms with Crippen LogP contribution in [0.1, 0.15) is 12.8 Å². The Hall–Kier alpha value is -2.09. The van der Waals surface area contributed by atoms with Gasteiger partial charge in [0.1, 0.15) is 5.52 Å². The van der Waals surface area contributed by atoms with Crippen LogP contribution in [0.3, 0.4) is 0 Å². The van der Waals surface area contributed by atoms with Crippen LogP contribution in [0.2, 0.25) is 0 Å². The van der Waals surface area contributed by atoms with Gasteiger partial charge >= 0.3 is 5.97 Å². The third-order valence-corrected chi connectivity index (χ3v) is 3.49. The number of nitrogens with zero attached hydrogens (tertiary/aromatic N) is 1. The summed E-state index contributed by atoms with van der Waals surface area (Å²) in [4.78, 5) is 14.6. The molecule has 1 heterocycles. The van der Waals surface area contributed by atoms with E-state index in [-0.39, 0.29) is 5.69 Å². The number of aryl methyl sites for hydroxylation is 1. The highest BCUT2D eigenvalue weighted by Gasteiger charge is 2.16. The van der Waals surface area contributed by atoms with Crippen LogP contribution < -0.4 is 4.72 Å². The van der Waals surface area contributed by atoms with E-state index in [1.165, 1.54) is 12.1 Å². The summed E-state index contributed by atoms with van der Waals surface area (Å²) < 4.78 is 30.5. The molecule has 2 aromatic rings. The average Bonchev–Trinajstić information content (AvgIpc) is 2.68. The standard InChI is InChI=1S/C11H12N2O5S/c1-2-10-12-8-5-7(3-4-9(8)18-10)13-19(16,17)6-11(14)15/h3-5,13H,2,6H2,1H3,(H,14,15). The first-order valence-corrected chi connectivity index (χ1v) is 7.16. The molecule has 0 atom stereocenters. The Bertz CT molecular complexity index is 720. The van der Waals surface area contributed by atoms with Gasteiger partial charge in [-0.2, -0.15) is 0 Å². The molecule has 1 aromatic heterocycles. The number of aliphatic carboxylic acids is 1. The fraction of sp³-hybridized carbons (Fsp3) is 0.273. The van der Waals surface area contributed by atoms with Crippen molar-refractivity contribution in [2.75, 3.05) is 10.5 Å². The smallest absolute Gasteiger partial charge is 0.320 e. The summed E-state index contributed by atoms with van der Waals surface area (Å²) in [6, 6.07) is 4.57. The highest BCUT2D eigenvalue weighted by atomic mass is 32.2. The van der Waals surface area contributed by atoms with Crippen LogP contribution in [-0.2, 0) is 21.2 Å². The Morgan fingerprint density at radius 3 is 2.84 bits per heavy atom. The van der Waals surface area contributed by atoms with Gasteiger partial charge in [0, 0.05) is 6.42 Å². The molecule has 8 heteroatoms. The van der Waals surface area contributed by atoms with Crippen LogP contribution in [0.4, 0.5) is 5.69 Å². The number of carbonyl (C=O) groups is 1. The normalized spacial score (nSPS) is 11.6. The highest BCUT2D eigenvalue weighted by molar-refractivity contribution is 7.93. The fourth-order valence-corrected chi connectivity index (χ4v) is 2.45. The third-order valence-electron chi connectivity index (χ3n) is 2.32. The lowest BCUT2D eigenvalue weighted by molar-refractivity contribution is -0.134. The van der Waals surface area contributed by atoms with Crippen molar-refractivity contribution in [2.24, 2.45) is 0 Å². The molecule has 0 bridgehead atoms. The Morgan fingerprint density at radius 2 is 2.21 bits per heavy atom. The number of hydrogen-bond donors (Lipinski definition) is 2. The van der Waals surface area contributed by atoms with E-state index in [0.29, 0.717) is 23.4 Å². The van der Waals surface area contributed by atoms with E-state index < -0.39 is 21.7 Å². The Morgan fingerprint density at radius 1 is 1.47 bits per heavy atom. The van der Waals surface area contributed by atoms with Gasteiger partial charge < -0.3 is 9.52 Å². The van der Waals surface area contributed by atoms with Crippen molar-refractivity contribution in [2.45, 2.75) is 13.3 Å². The molecule has 7 nitrogen and oxygen atoms in total. The number of rotatable bonds is 5. The second kappa shape index (κ2) is 4.88. The Kier molecular flexibility index (Phi) is 3.43. The van der Waals surface area contributed by atoms with E-state index in [0.717, 1.165) is 0 Å². The van der Waals surface area contributed by atoms with Gasteiger partial charge in [-0.25, -0.2) is 13.4 Å². The van der Waals surface area contributed by atoms with Crippen molar-refractivity contribution < 1.29 is 22.7 Å². The summed E-state index contributed by atoms with van der Waals surface area (Å²) in [5.41, 5.74) is 1.33. The molecule has 1 aromatic carbocycles. The molecule has 0 unspecified atom stereocenters. The van der Waals surface area contributed by atoms with Gasteiger partial charge in [0.2, 0.25) is 10.0 Å². The molecular weight excluding hydrogens is 272 g/mol. The number of carboxylic acids is 1. The molecule has 0 fully saturated rings. The largest absolute Gasteiger partial charge is 0.480 e. The number of anilines is 1. The van der Waals surface area contributed by atoms with Gasteiger partial charge in [0.05, 0.1) is 5.69 Å². The molecule has 102 valence electrons. The topological polar surface area (TPSA) is 110 Å². The Labute approximate surface area is 109 Å². The molecule has 0 aliphatic carbocycles. The molecule has 19 heavy (non-hydrogen) atoms. The number of hydrogen-bond acceptors (Lipinski definition) is 5. The lowest BCUT2D eigenvalue weighted by Crippen LogP contribution is -2.22. The predicted molar refractivity (Wildman–Crippen MR) is 68.4 cm³/mol. The van der Waals surface area contributed by atoms with Crippen LogP contribution in [0.15, 0.2) is 22.6 Å². The average molecular weight is 284 g/mol. The zero-order chi connectivity index (χ0) is 14.0. The van der Waals surface area contributed by atoms with Gasteiger partial charge in [-0.1, -0.05) is 6.92 Å². The second-order valence-electron chi connectivity index (χ2n) is 3.90. The van der Waals surface area contributed by atoms with E-state index in [9.17, 15) is 13.2 Å². The van der Waals surface area contributed by atoms with Crippen molar-refractivity contribution in [1.82, 2.24) is 4.98 Å². The molecule has 0 aliphatic rings. The molecule has 0 amide bonds. The lowest BCUT2D eigenvalue weighted by atomic mass is 10.3. The monoisotopic (exact) mass is 284 g/mol. The number of benzene rings is 1. The first-order valence-electron chi connectivity index (χ1n) is 5.51. The highest BCUT2D eigenvalue weighted by Crippen LogP contribution is 2.21. The molecule has 2 N–H and O–H groups in total. The number of oxazole rings is 1. The van der Waals surface area contributed by atoms with Gasteiger partial charge in [-0.15, -0.1) is 0 Å². The van der Waals surface area contributed by atoms with Gasteiger partial charge in [0.15, 0.2) is 17.2 Å². The quantitative estimate of drug-likeness (QED) is 0.854. The minimum Gasteiger partial charge on any atom is -0.480 e. The molecule has 0 aliphatic heterocycles. The molecule has 0 saturated heterocycles. The maximum atomic E-state index is 11.5. The summed E-state index contributed by atoms with van der Waals surface area (Å²) in [5.74, 6) is -1.84. The lowest BCUT2D eigenvalue weighted by Gasteiger charge is -2.05. The van der Waals surface area contributed by atoms with Gasteiger partial charge in [0.25, 0.3) is 0 Å². The number of nitrogens with one attached hydrogen (secondary N) is 1. The van der Waals surface area contributed by atoms with Gasteiger partial charge in [-0.05, 0) is 18.2 Å². The van der Waals surface area contributed by atoms with Crippen molar-refractivity contribution in [3.8, 4) is 0 Å². The zero-order valence-electron chi connectivity index (χ0n) is 10.1. The fourth-order valence-electron chi connectivity index (χ4n) is 1.57. The van der Waals surface area contributed by atoms with E-state index in [1.807, 2.05) is 6.92 Å². The van der Waals surface area contributed by atoms with Crippen LogP contribution >= 0.6 is 0 Å². The SMILES string of the molecule is CCc1nc2cc(NS(=O)(=O)CC(=O)O)ccc2o1. The van der Waals surface area contributed by atoms with Crippen molar-refractivity contribution in [3.05, 3.63) is 24.1 Å². The van der Waals surface area contributed by atoms with Crippen molar-refractivity contribution >= 4 is 32.8 Å². The van der Waals surface area contributed by atoms with Crippen molar-refractivity contribution in [1.29, 1.82) is 0 Å². The molecule has 0 saturated carbocycles. The summed E-state index contributed by atoms with van der Waals surface area (Å²) in [5, 5.41) is 8.49. The summed E-state index contributed by atoms with van der Waals surface area (Å²) in [6.07, 6.45) is 0.634. The minimum atomic E-state index is -3.91. The summed E-state index contributed by atoms with van der Waals surface area (Å²) >= 11 is 0. The number of aromatic nitrogens is 1. The van der Waals surface area contributed by atoms with Crippen LogP contribution in [-0.4, -0.2) is 30.2 Å². The molecule has 2 rings (SSSR count). The summed E-state index contributed by atoms with van der Waals surface area (Å²) in [6.45, 7) is 1.89. The van der Waals surface area contributed by atoms with E-state index in [2.05, 4.69) is 9.71 Å². The first-order chi connectivity index (χ1) is 8.89. The maximum absolute atomic E-state index is 11.5. The Balaban J connectivity index is 2.28. The van der Waals surface area contributed by atoms with Gasteiger partial charge in [-0.3, -0.25) is 9.52 Å². The minimum absolute atomic E-state index is 0.254. The molecule has 0 radical (unpaired) electrons. The first kappa shape index (κ1) is 13.3. The predicted octanol–water partition coefficient (Wildman–Crippen LogP) is 1.22. The number of carboxylic acid groups (broad SMARTS) is 1. The third kappa shape index (κ3) is 3.22. The van der Waals surface area contributed by atoms with Crippen LogP contribution in [0.25, 0.3) is 11.1 Å². The zero-order valence-corrected chi connectivity index (χ0v) is 10.9. The second-order valence-corrected chi connectivity index (χ2v) is 5.62. The van der Waals surface area contributed by atoms with Crippen LogP contribution in [0.5, 0.6) is 0 Å². The van der Waals surface area contributed by atoms with Crippen molar-refractivity contribution in [3.63, 3.8) is 0 Å². The number of sulfonamides is 1. The van der Waals surface area contributed by atoms with Crippen LogP contribution in [0, 0.1) is 0 Å².